The molecule has 7 heteroatoms. The second-order valence-electron chi connectivity index (χ2n) is 11.4. The summed E-state index contributed by atoms with van der Waals surface area (Å²) >= 11 is 6.38. The van der Waals surface area contributed by atoms with E-state index in [2.05, 4.69) is 117 Å². The Morgan fingerprint density at radius 2 is 1.11 bits per heavy atom. The predicted octanol–water partition coefficient (Wildman–Crippen LogP) is 10.2. The number of rotatable bonds is 5. The quantitative estimate of drug-likeness (QED) is 0.207. The normalized spacial score (nSPS) is 11.5. The third kappa shape index (κ3) is 4.74. The molecule has 47 heavy (non-hydrogen) atoms. The van der Waals surface area contributed by atoms with E-state index in [0.717, 1.165) is 61.4 Å². The van der Waals surface area contributed by atoms with Crippen molar-refractivity contribution in [3.05, 3.63) is 151 Å². The van der Waals surface area contributed by atoms with Crippen LogP contribution in [0.3, 0.4) is 0 Å². The average molecular weight is 625 g/mol. The molecule has 0 aliphatic carbocycles. The molecule has 0 atom stereocenters. The van der Waals surface area contributed by atoms with E-state index in [1.807, 2.05) is 48.5 Å². The van der Waals surface area contributed by atoms with Gasteiger partial charge in [0.15, 0.2) is 11.6 Å². The summed E-state index contributed by atoms with van der Waals surface area (Å²) in [5.41, 5.74) is 10.0. The van der Waals surface area contributed by atoms with E-state index in [0.29, 0.717) is 11.6 Å². The topological polar surface area (TPSA) is 72.3 Å². The summed E-state index contributed by atoms with van der Waals surface area (Å²) in [4.78, 5) is 22.5. The van der Waals surface area contributed by atoms with E-state index in [4.69, 9.17) is 21.6 Å². The van der Waals surface area contributed by atoms with Gasteiger partial charge in [-0.15, -0.1) is 0 Å². The molecule has 0 saturated carbocycles. The molecule has 9 aromatic rings. The van der Waals surface area contributed by atoms with Crippen LogP contribution < -0.4 is 0 Å². The van der Waals surface area contributed by atoms with Gasteiger partial charge in [-0.2, -0.15) is 9.97 Å². The van der Waals surface area contributed by atoms with Crippen LogP contribution in [-0.2, 0) is 0 Å². The molecule has 0 unspecified atom stereocenters. The van der Waals surface area contributed by atoms with Crippen molar-refractivity contribution in [1.29, 1.82) is 0 Å². The van der Waals surface area contributed by atoms with Crippen molar-refractivity contribution in [3.63, 3.8) is 0 Å². The molecule has 0 bridgehead atoms. The minimum atomic E-state index is 0.158. The van der Waals surface area contributed by atoms with E-state index in [1.165, 1.54) is 10.8 Å². The number of aromatic amines is 1. The van der Waals surface area contributed by atoms with Crippen LogP contribution in [0.1, 0.15) is 0 Å². The Labute approximate surface area is 275 Å². The number of nitrogens with one attached hydrogen (secondary N) is 1. The van der Waals surface area contributed by atoms with Crippen LogP contribution in [0.2, 0.25) is 5.28 Å². The highest BCUT2D eigenvalue weighted by Crippen LogP contribution is 2.37. The molecule has 3 aromatic heterocycles. The molecule has 0 aliphatic heterocycles. The van der Waals surface area contributed by atoms with Crippen LogP contribution >= 0.6 is 11.6 Å². The molecule has 1 N–H and O–H groups in total. The lowest BCUT2D eigenvalue weighted by Gasteiger charge is -2.12. The second kappa shape index (κ2) is 11.1. The number of fused-ring (bicyclic) bond motifs is 5. The number of H-pyrrole nitrogens is 1. The summed E-state index contributed by atoms with van der Waals surface area (Å²) in [5, 5.41) is 2.53. The van der Waals surface area contributed by atoms with Gasteiger partial charge in [0, 0.05) is 38.7 Å². The molecule has 0 amide bonds. The summed E-state index contributed by atoms with van der Waals surface area (Å²) < 4.78 is 2.26. The van der Waals surface area contributed by atoms with Gasteiger partial charge in [0.1, 0.15) is 5.82 Å². The molecule has 0 aliphatic rings. The van der Waals surface area contributed by atoms with Crippen molar-refractivity contribution >= 4 is 44.4 Å². The summed E-state index contributed by atoms with van der Waals surface area (Å²) in [6.45, 7) is 0. The Balaban J connectivity index is 1.19. The van der Waals surface area contributed by atoms with E-state index in [1.54, 1.807) is 0 Å². The summed E-state index contributed by atoms with van der Waals surface area (Å²) in [5.74, 6) is 1.93. The largest absolute Gasteiger partial charge is 0.353 e. The number of halogens is 1. The summed E-state index contributed by atoms with van der Waals surface area (Å²) in [7, 11) is 0. The fourth-order valence-electron chi connectivity index (χ4n) is 6.37. The van der Waals surface area contributed by atoms with E-state index in [-0.39, 0.29) is 5.28 Å². The van der Waals surface area contributed by atoms with Crippen LogP contribution in [0.25, 0.3) is 83.8 Å². The molecular formula is C40H25ClN6. The fraction of sp³-hybridized carbons (Fsp3) is 0. The zero-order valence-electron chi connectivity index (χ0n) is 25.0. The molecule has 0 fully saturated rings. The SMILES string of the molecule is Clc1nc(-c2ccccc2)nc(-c2cccc(-c3cccc(-c4nc5ccc6c7ccccc7[nH]c6c5n4-c4ccccc4)c3)c2)n1. The fourth-order valence-corrected chi connectivity index (χ4v) is 6.53. The number of hydrogen-bond acceptors (Lipinski definition) is 4. The van der Waals surface area contributed by atoms with Gasteiger partial charge in [-0.25, -0.2) is 9.97 Å². The maximum atomic E-state index is 6.38. The van der Waals surface area contributed by atoms with Crippen LogP contribution in [0.4, 0.5) is 0 Å². The molecule has 222 valence electrons. The molecule has 0 spiro atoms. The van der Waals surface area contributed by atoms with Crippen molar-refractivity contribution < 1.29 is 0 Å². The van der Waals surface area contributed by atoms with Gasteiger partial charge in [-0.1, -0.05) is 103 Å². The number of imidazole rings is 1. The Morgan fingerprint density at radius 3 is 1.89 bits per heavy atom. The van der Waals surface area contributed by atoms with Gasteiger partial charge in [0.05, 0.1) is 16.6 Å². The monoisotopic (exact) mass is 624 g/mol. The lowest BCUT2D eigenvalue weighted by Crippen LogP contribution is -1.98. The first-order valence-corrected chi connectivity index (χ1v) is 15.7. The van der Waals surface area contributed by atoms with E-state index >= 15 is 0 Å². The molecule has 9 rings (SSSR count). The van der Waals surface area contributed by atoms with Gasteiger partial charge in [0.2, 0.25) is 5.28 Å². The van der Waals surface area contributed by atoms with Crippen molar-refractivity contribution in [2.45, 2.75) is 0 Å². The first kappa shape index (κ1) is 27.2. The first-order valence-electron chi connectivity index (χ1n) is 15.4. The zero-order valence-corrected chi connectivity index (χ0v) is 25.7. The molecule has 6 nitrogen and oxygen atoms in total. The van der Waals surface area contributed by atoms with Crippen molar-refractivity contribution in [1.82, 2.24) is 29.5 Å². The van der Waals surface area contributed by atoms with E-state index < -0.39 is 0 Å². The number of hydrogen-bond donors (Lipinski definition) is 1. The second-order valence-corrected chi connectivity index (χ2v) is 11.8. The Kier molecular flexibility index (Phi) is 6.40. The van der Waals surface area contributed by atoms with Gasteiger partial charge < -0.3 is 4.98 Å². The van der Waals surface area contributed by atoms with Gasteiger partial charge in [-0.05, 0) is 65.2 Å². The minimum absolute atomic E-state index is 0.158. The maximum absolute atomic E-state index is 6.38. The predicted molar refractivity (Wildman–Crippen MR) is 191 cm³/mol. The third-order valence-electron chi connectivity index (χ3n) is 8.52. The maximum Gasteiger partial charge on any atom is 0.226 e. The van der Waals surface area contributed by atoms with Crippen LogP contribution in [0.15, 0.2) is 146 Å². The first-order chi connectivity index (χ1) is 23.2. The summed E-state index contributed by atoms with van der Waals surface area (Å²) in [6.07, 6.45) is 0. The highest BCUT2D eigenvalue weighted by molar-refractivity contribution is 6.28. The van der Waals surface area contributed by atoms with Crippen molar-refractivity contribution in [2.75, 3.05) is 0 Å². The van der Waals surface area contributed by atoms with Crippen molar-refractivity contribution in [3.8, 4) is 51.0 Å². The van der Waals surface area contributed by atoms with Crippen LogP contribution in [0.5, 0.6) is 0 Å². The lowest BCUT2D eigenvalue weighted by molar-refractivity contribution is 1.07. The lowest BCUT2D eigenvalue weighted by atomic mass is 10.0. The number of benzene rings is 6. The van der Waals surface area contributed by atoms with Gasteiger partial charge >= 0.3 is 0 Å². The van der Waals surface area contributed by atoms with Crippen LogP contribution in [0, 0.1) is 0 Å². The molecular weight excluding hydrogens is 600 g/mol. The molecule has 0 radical (unpaired) electrons. The highest BCUT2D eigenvalue weighted by atomic mass is 35.5. The number of para-hydroxylation sites is 2. The van der Waals surface area contributed by atoms with E-state index in [9.17, 15) is 0 Å². The zero-order chi connectivity index (χ0) is 31.3. The average Bonchev–Trinajstić information content (AvgIpc) is 3.71. The van der Waals surface area contributed by atoms with Gasteiger partial charge in [-0.3, -0.25) is 4.57 Å². The molecule has 0 saturated heterocycles. The number of nitrogens with zero attached hydrogens (tertiary/aromatic N) is 5. The molecule has 6 aromatic carbocycles. The van der Waals surface area contributed by atoms with Gasteiger partial charge in [0.25, 0.3) is 0 Å². The third-order valence-corrected chi connectivity index (χ3v) is 8.69. The summed E-state index contributed by atoms with van der Waals surface area (Å²) in [6, 6.07) is 49.6. The Hall–Kier alpha value is -6.11. The minimum Gasteiger partial charge on any atom is -0.353 e. The standard InChI is InChI=1S/C40H25ClN6/c41-40-45-37(25-11-3-1-4-12-25)44-38(46-40)28-15-9-13-26(23-28)27-14-10-16-29(24-27)39-43-34-22-21-32-31-19-7-8-20-33(31)42-35(32)36(34)47(39)30-17-5-2-6-18-30/h1-24,42H. The van der Waals surface area contributed by atoms with Crippen LogP contribution in [-0.4, -0.2) is 29.5 Å². The number of aromatic nitrogens is 6. The Morgan fingerprint density at radius 1 is 0.489 bits per heavy atom. The van der Waals surface area contributed by atoms with Crippen molar-refractivity contribution in [2.24, 2.45) is 0 Å². The molecule has 3 heterocycles. The smallest absolute Gasteiger partial charge is 0.226 e. The highest BCUT2D eigenvalue weighted by Gasteiger charge is 2.19. The Bertz CT molecular complexity index is 2590.